The number of thioether (sulfide) groups is 1. The molecule has 0 N–H and O–H groups in total. The van der Waals surface area contributed by atoms with Crippen molar-refractivity contribution in [2.75, 3.05) is 12.4 Å². The van der Waals surface area contributed by atoms with Crippen LogP contribution in [-0.2, 0) is 0 Å². The molecule has 1 aromatic rings. The van der Waals surface area contributed by atoms with Crippen molar-refractivity contribution in [1.29, 1.82) is 0 Å². The van der Waals surface area contributed by atoms with E-state index in [9.17, 15) is 9.18 Å². The van der Waals surface area contributed by atoms with Crippen LogP contribution in [0.4, 0.5) is 4.39 Å². The van der Waals surface area contributed by atoms with E-state index in [1.54, 1.807) is 17.8 Å². The summed E-state index contributed by atoms with van der Waals surface area (Å²) in [5.41, 5.74) is 0.365. The lowest BCUT2D eigenvalue weighted by Gasteiger charge is -2.17. The third kappa shape index (κ3) is 5.08. The molecule has 0 spiro atoms. The van der Waals surface area contributed by atoms with E-state index >= 15 is 0 Å². The van der Waals surface area contributed by atoms with Crippen molar-refractivity contribution in [3.8, 4) is 5.75 Å². The molecule has 0 heterocycles. The molecule has 0 amide bonds. The van der Waals surface area contributed by atoms with E-state index in [-0.39, 0.29) is 16.3 Å². The zero-order chi connectivity index (χ0) is 13.8. The van der Waals surface area contributed by atoms with Crippen molar-refractivity contribution in [3.63, 3.8) is 0 Å². The van der Waals surface area contributed by atoms with Crippen LogP contribution in [0.25, 0.3) is 0 Å². The SMILES string of the molecule is CC(=O)c1ccc(OCCSC(C)(C)C)c(F)c1. The average Bonchev–Trinajstić information content (AvgIpc) is 2.24. The molecule has 0 saturated carbocycles. The highest BCUT2D eigenvalue weighted by molar-refractivity contribution is 8.00. The molecule has 1 aromatic carbocycles. The van der Waals surface area contributed by atoms with E-state index in [1.807, 2.05) is 0 Å². The predicted octanol–water partition coefficient (Wildman–Crippen LogP) is 3.94. The number of hydrogen-bond acceptors (Lipinski definition) is 3. The van der Waals surface area contributed by atoms with E-state index < -0.39 is 5.82 Å². The molecule has 0 aliphatic carbocycles. The number of benzene rings is 1. The van der Waals surface area contributed by atoms with Crippen molar-refractivity contribution in [2.24, 2.45) is 0 Å². The Morgan fingerprint density at radius 3 is 2.56 bits per heavy atom. The number of rotatable bonds is 5. The number of carbonyl (C=O) groups excluding carboxylic acids is 1. The van der Waals surface area contributed by atoms with Gasteiger partial charge in [-0.1, -0.05) is 20.8 Å². The summed E-state index contributed by atoms with van der Waals surface area (Å²) in [6.07, 6.45) is 0. The van der Waals surface area contributed by atoms with E-state index in [0.29, 0.717) is 12.2 Å². The Hall–Kier alpha value is -1.03. The Morgan fingerprint density at radius 2 is 2.06 bits per heavy atom. The summed E-state index contributed by atoms with van der Waals surface area (Å²) in [6.45, 7) is 8.24. The summed E-state index contributed by atoms with van der Waals surface area (Å²) in [7, 11) is 0. The zero-order valence-corrected chi connectivity index (χ0v) is 12.1. The largest absolute Gasteiger partial charge is 0.490 e. The second-order valence-corrected chi connectivity index (χ2v) is 6.93. The Kier molecular flexibility index (Phi) is 5.20. The topological polar surface area (TPSA) is 26.3 Å². The Bertz CT molecular complexity index is 424. The molecule has 0 radical (unpaired) electrons. The fourth-order valence-electron chi connectivity index (χ4n) is 1.34. The lowest BCUT2D eigenvalue weighted by atomic mass is 10.1. The highest BCUT2D eigenvalue weighted by Crippen LogP contribution is 2.23. The Labute approximate surface area is 112 Å². The number of halogens is 1. The van der Waals surface area contributed by atoms with Crippen LogP contribution in [0, 0.1) is 5.82 Å². The minimum absolute atomic E-state index is 0.149. The van der Waals surface area contributed by atoms with Gasteiger partial charge in [0.25, 0.3) is 0 Å². The number of carbonyl (C=O) groups is 1. The quantitative estimate of drug-likeness (QED) is 0.599. The monoisotopic (exact) mass is 270 g/mol. The summed E-state index contributed by atoms with van der Waals surface area (Å²) >= 11 is 1.77. The van der Waals surface area contributed by atoms with Crippen molar-refractivity contribution in [3.05, 3.63) is 29.6 Å². The summed E-state index contributed by atoms with van der Waals surface area (Å²) in [5.74, 6) is 0.374. The third-order valence-electron chi connectivity index (χ3n) is 2.21. The standard InChI is InChI=1S/C14H19FO2S/c1-10(16)11-5-6-13(12(15)9-11)17-7-8-18-14(2,3)4/h5-6,9H,7-8H2,1-4H3. The maximum Gasteiger partial charge on any atom is 0.165 e. The molecule has 2 nitrogen and oxygen atoms in total. The predicted molar refractivity (Wildman–Crippen MR) is 74.1 cm³/mol. The van der Waals surface area contributed by atoms with Gasteiger partial charge in [-0.05, 0) is 25.1 Å². The first-order chi connectivity index (χ1) is 8.29. The van der Waals surface area contributed by atoms with E-state index in [2.05, 4.69) is 20.8 Å². The molecule has 0 saturated heterocycles. The molecule has 0 aliphatic rings. The summed E-state index contributed by atoms with van der Waals surface area (Å²) < 4.78 is 19.1. The van der Waals surface area contributed by atoms with Gasteiger partial charge >= 0.3 is 0 Å². The molecular weight excluding hydrogens is 251 g/mol. The van der Waals surface area contributed by atoms with E-state index in [4.69, 9.17) is 4.74 Å². The lowest BCUT2D eigenvalue weighted by molar-refractivity contribution is 0.101. The van der Waals surface area contributed by atoms with Gasteiger partial charge in [-0.25, -0.2) is 4.39 Å². The summed E-state index contributed by atoms with van der Waals surface area (Å²) in [5, 5.41) is 0. The van der Waals surface area contributed by atoms with Crippen LogP contribution in [0.15, 0.2) is 18.2 Å². The fourth-order valence-corrected chi connectivity index (χ4v) is 2.12. The van der Waals surface area contributed by atoms with E-state index in [0.717, 1.165) is 5.75 Å². The molecule has 100 valence electrons. The van der Waals surface area contributed by atoms with E-state index in [1.165, 1.54) is 19.1 Å². The normalized spacial score (nSPS) is 11.4. The molecule has 0 bridgehead atoms. The highest BCUT2D eigenvalue weighted by atomic mass is 32.2. The first kappa shape index (κ1) is 15.0. The first-order valence-corrected chi connectivity index (χ1v) is 6.85. The van der Waals surface area contributed by atoms with Crippen LogP contribution >= 0.6 is 11.8 Å². The number of Topliss-reactive ketones (excluding diaryl/α,β-unsaturated/α-hetero) is 1. The molecule has 0 unspecified atom stereocenters. The van der Waals surface area contributed by atoms with Crippen molar-refractivity contribution >= 4 is 17.5 Å². The van der Waals surface area contributed by atoms with Crippen LogP contribution in [0.3, 0.4) is 0 Å². The smallest absolute Gasteiger partial charge is 0.165 e. The average molecular weight is 270 g/mol. The van der Waals surface area contributed by atoms with Gasteiger partial charge in [0.05, 0.1) is 6.61 Å². The molecule has 0 aliphatic heterocycles. The molecule has 0 aromatic heterocycles. The number of ketones is 1. The van der Waals surface area contributed by atoms with Crippen molar-refractivity contribution in [1.82, 2.24) is 0 Å². The molecule has 18 heavy (non-hydrogen) atoms. The third-order valence-corrected chi connectivity index (χ3v) is 3.45. The molecule has 1 rings (SSSR count). The van der Waals surface area contributed by atoms with Crippen LogP contribution in [-0.4, -0.2) is 22.9 Å². The summed E-state index contributed by atoms with van der Waals surface area (Å²) in [6, 6.07) is 4.31. The van der Waals surface area contributed by atoms with Crippen LogP contribution in [0.1, 0.15) is 38.1 Å². The second kappa shape index (κ2) is 6.23. The molecule has 4 heteroatoms. The van der Waals surface area contributed by atoms with Crippen LogP contribution in [0.5, 0.6) is 5.75 Å². The maximum atomic E-state index is 13.6. The van der Waals surface area contributed by atoms with Gasteiger partial charge in [-0.15, -0.1) is 0 Å². The second-order valence-electron chi connectivity index (χ2n) is 5.01. The van der Waals surface area contributed by atoms with Gasteiger partial charge in [0, 0.05) is 16.1 Å². The fraction of sp³-hybridized carbons (Fsp3) is 0.500. The van der Waals surface area contributed by atoms with Gasteiger partial charge in [-0.3, -0.25) is 4.79 Å². The van der Waals surface area contributed by atoms with Gasteiger partial charge in [0.2, 0.25) is 0 Å². The summed E-state index contributed by atoms with van der Waals surface area (Å²) in [4.78, 5) is 11.1. The minimum atomic E-state index is -0.483. The first-order valence-electron chi connectivity index (χ1n) is 5.87. The molecule has 0 atom stereocenters. The molecular formula is C14H19FO2S. The van der Waals surface area contributed by atoms with Crippen molar-refractivity contribution < 1.29 is 13.9 Å². The minimum Gasteiger partial charge on any atom is -0.490 e. The lowest BCUT2D eigenvalue weighted by Crippen LogP contribution is -2.12. The molecule has 0 fully saturated rings. The number of ether oxygens (including phenoxy) is 1. The van der Waals surface area contributed by atoms with Crippen molar-refractivity contribution in [2.45, 2.75) is 32.4 Å². The highest BCUT2D eigenvalue weighted by Gasteiger charge is 2.11. The Balaban J connectivity index is 2.51. The number of hydrogen-bond donors (Lipinski definition) is 0. The van der Waals surface area contributed by atoms with Gasteiger partial charge in [-0.2, -0.15) is 11.8 Å². The van der Waals surface area contributed by atoms with Crippen LogP contribution in [0.2, 0.25) is 0 Å². The van der Waals surface area contributed by atoms with Gasteiger partial charge in [0.15, 0.2) is 17.3 Å². The van der Waals surface area contributed by atoms with Gasteiger partial charge < -0.3 is 4.74 Å². The Morgan fingerprint density at radius 1 is 1.39 bits per heavy atom. The van der Waals surface area contributed by atoms with Crippen LogP contribution < -0.4 is 4.74 Å². The maximum absolute atomic E-state index is 13.6. The van der Waals surface area contributed by atoms with Gasteiger partial charge in [0.1, 0.15) is 0 Å². The zero-order valence-electron chi connectivity index (χ0n) is 11.2.